The molecule has 0 heterocycles. The van der Waals surface area contributed by atoms with Crippen molar-refractivity contribution in [3.8, 4) is 0 Å². The van der Waals surface area contributed by atoms with Gasteiger partial charge >= 0.3 is 0 Å². The van der Waals surface area contributed by atoms with Crippen molar-refractivity contribution in [1.29, 1.82) is 0 Å². The van der Waals surface area contributed by atoms with Crippen LogP contribution in [-0.4, -0.2) is 13.1 Å². The lowest BCUT2D eigenvalue weighted by molar-refractivity contribution is 0.580. The van der Waals surface area contributed by atoms with E-state index >= 15 is 0 Å². The normalized spacial score (nSPS) is 11.4. The Morgan fingerprint density at radius 2 is 1.91 bits per heavy atom. The molecule has 0 spiro atoms. The van der Waals surface area contributed by atoms with Gasteiger partial charge in [-0.05, 0) is 20.4 Å². The topological polar surface area (TPSA) is 12.0 Å². The summed E-state index contributed by atoms with van der Waals surface area (Å²) in [5.74, 6) is 0. The molecule has 0 aromatic rings. The Labute approximate surface area is 71.9 Å². The predicted octanol–water partition coefficient (Wildman–Crippen LogP) is 2.98. The number of nitrogens with one attached hydrogen (secondary N) is 1. The van der Waals surface area contributed by atoms with E-state index < -0.39 is 0 Å². The summed E-state index contributed by atoms with van der Waals surface area (Å²) in [6.45, 7) is 12.1. The Morgan fingerprint density at radius 3 is 2.00 bits per heavy atom. The predicted molar refractivity (Wildman–Crippen MR) is 53.9 cm³/mol. The summed E-state index contributed by atoms with van der Waals surface area (Å²) in [4.78, 5) is 0. The van der Waals surface area contributed by atoms with E-state index in [-0.39, 0.29) is 0 Å². The van der Waals surface area contributed by atoms with Crippen molar-refractivity contribution in [2.24, 2.45) is 0 Å². The van der Waals surface area contributed by atoms with Crippen molar-refractivity contribution < 1.29 is 0 Å². The van der Waals surface area contributed by atoms with Gasteiger partial charge in [-0.15, -0.1) is 0 Å². The zero-order valence-electron chi connectivity index (χ0n) is 8.70. The van der Waals surface area contributed by atoms with Crippen molar-refractivity contribution in [3.05, 3.63) is 12.2 Å². The maximum Gasteiger partial charge on any atom is 0.0271 e. The van der Waals surface area contributed by atoms with Crippen molar-refractivity contribution in [2.45, 2.75) is 46.6 Å². The number of hydrogen-bond donors (Lipinski definition) is 1. The van der Waals surface area contributed by atoms with Gasteiger partial charge in [0.1, 0.15) is 0 Å². The van der Waals surface area contributed by atoms with Crippen LogP contribution in [-0.2, 0) is 0 Å². The molecule has 0 radical (unpaired) electrons. The number of hydrogen-bond acceptors (Lipinski definition) is 1. The van der Waals surface area contributed by atoms with Crippen LogP contribution in [0.2, 0.25) is 0 Å². The van der Waals surface area contributed by atoms with Crippen molar-refractivity contribution in [2.75, 3.05) is 7.05 Å². The molecule has 0 aromatic carbocycles. The first-order valence-electron chi connectivity index (χ1n) is 4.55. The van der Waals surface area contributed by atoms with E-state index in [0.717, 1.165) is 0 Å². The van der Waals surface area contributed by atoms with Gasteiger partial charge < -0.3 is 5.32 Å². The molecule has 0 fully saturated rings. The SMILES string of the molecule is C=C(C)[C@H](CCC)NC.CC. The minimum atomic E-state index is 0.523. The van der Waals surface area contributed by atoms with Crippen LogP contribution in [0.3, 0.4) is 0 Å². The maximum atomic E-state index is 3.88. The zero-order valence-corrected chi connectivity index (χ0v) is 8.70. The maximum absolute atomic E-state index is 3.88. The minimum Gasteiger partial charge on any atom is -0.313 e. The van der Waals surface area contributed by atoms with Crippen LogP contribution >= 0.6 is 0 Å². The molecule has 0 saturated heterocycles. The highest BCUT2D eigenvalue weighted by molar-refractivity contribution is 5.00. The Morgan fingerprint density at radius 1 is 1.45 bits per heavy atom. The highest BCUT2D eigenvalue weighted by Crippen LogP contribution is 2.03. The molecule has 0 aliphatic heterocycles. The molecular formula is C10H23N. The molecule has 1 atom stereocenters. The van der Waals surface area contributed by atoms with Crippen LogP contribution in [0.25, 0.3) is 0 Å². The lowest BCUT2D eigenvalue weighted by Gasteiger charge is -2.13. The minimum absolute atomic E-state index is 0.523. The summed E-state index contributed by atoms with van der Waals surface area (Å²) in [7, 11) is 1.98. The van der Waals surface area contributed by atoms with E-state index in [4.69, 9.17) is 0 Å². The fourth-order valence-electron chi connectivity index (χ4n) is 0.926. The Hall–Kier alpha value is -0.300. The summed E-state index contributed by atoms with van der Waals surface area (Å²) in [6.07, 6.45) is 2.42. The van der Waals surface area contributed by atoms with Gasteiger partial charge in [-0.2, -0.15) is 0 Å². The van der Waals surface area contributed by atoms with E-state index in [1.165, 1.54) is 18.4 Å². The molecule has 0 amide bonds. The van der Waals surface area contributed by atoms with Crippen molar-refractivity contribution in [3.63, 3.8) is 0 Å². The summed E-state index contributed by atoms with van der Waals surface area (Å²) in [6, 6.07) is 0.523. The first kappa shape index (κ1) is 13.3. The number of rotatable bonds is 4. The molecule has 1 N–H and O–H groups in total. The monoisotopic (exact) mass is 157 g/mol. The summed E-state index contributed by atoms with van der Waals surface area (Å²) >= 11 is 0. The largest absolute Gasteiger partial charge is 0.313 e. The van der Waals surface area contributed by atoms with E-state index in [1.54, 1.807) is 0 Å². The molecule has 0 aliphatic rings. The van der Waals surface area contributed by atoms with Crippen molar-refractivity contribution >= 4 is 0 Å². The third-order valence-electron chi connectivity index (χ3n) is 1.52. The molecular weight excluding hydrogens is 134 g/mol. The standard InChI is InChI=1S/C8H17N.C2H6/c1-5-6-8(9-4)7(2)3;1-2/h8-9H,2,5-6H2,1,3-4H3;1-2H3/t8-;/m0./s1. The average molecular weight is 157 g/mol. The molecule has 0 bridgehead atoms. The van der Waals surface area contributed by atoms with Gasteiger partial charge in [0.15, 0.2) is 0 Å². The van der Waals surface area contributed by atoms with Crippen LogP contribution in [0.15, 0.2) is 12.2 Å². The van der Waals surface area contributed by atoms with E-state index in [9.17, 15) is 0 Å². The third kappa shape index (κ3) is 7.60. The Kier molecular flexibility index (Phi) is 11.7. The van der Waals surface area contributed by atoms with Crippen LogP contribution in [0.4, 0.5) is 0 Å². The second kappa shape index (κ2) is 9.70. The Bertz CT molecular complexity index is 86.9. The van der Waals surface area contributed by atoms with Crippen LogP contribution < -0.4 is 5.32 Å². The first-order chi connectivity index (χ1) is 5.22. The molecule has 0 aromatic heterocycles. The van der Waals surface area contributed by atoms with Crippen LogP contribution in [0, 0.1) is 0 Å². The van der Waals surface area contributed by atoms with Gasteiger partial charge in [0.2, 0.25) is 0 Å². The van der Waals surface area contributed by atoms with Gasteiger partial charge in [0.05, 0.1) is 0 Å². The zero-order chi connectivity index (χ0) is 9.28. The first-order valence-corrected chi connectivity index (χ1v) is 4.55. The Balaban J connectivity index is 0. The second-order valence-corrected chi connectivity index (χ2v) is 2.48. The lowest BCUT2D eigenvalue weighted by atomic mass is 10.1. The van der Waals surface area contributed by atoms with Gasteiger partial charge in [0, 0.05) is 6.04 Å². The van der Waals surface area contributed by atoms with E-state index in [0.29, 0.717) is 6.04 Å². The van der Waals surface area contributed by atoms with E-state index in [2.05, 4.69) is 25.7 Å². The average Bonchev–Trinajstić information content (AvgIpc) is 2.03. The van der Waals surface area contributed by atoms with Gasteiger partial charge in [-0.1, -0.05) is 39.3 Å². The van der Waals surface area contributed by atoms with Gasteiger partial charge in [0.25, 0.3) is 0 Å². The second-order valence-electron chi connectivity index (χ2n) is 2.48. The third-order valence-corrected chi connectivity index (χ3v) is 1.52. The molecule has 0 aliphatic carbocycles. The lowest BCUT2D eigenvalue weighted by Crippen LogP contribution is -2.25. The summed E-state index contributed by atoms with van der Waals surface area (Å²) in [5.41, 5.74) is 1.24. The highest BCUT2D eigenvalue weighted by Gasteiger charge is 2.02. The molecule has 0 rings (SSSR count). The molecule has 68 valence electrons. The van der Waals surface area contributed by atoms with E-state index in [1.807, 2.05) is 20.9 Å². The molecule has 11 heavy (non-hydrogen) atoms. The van der Waals surface area contributed by atoms with Gasteiger partial charge in [-0.25, -0.2) is 0 Å². The van der Waals surface area contributed by atoms with Crippen LogP contribution in [0.1, 0.15) is 40.5 Å². The fraction of sp³-hybridized carbons (Fsp3) is 0.800. The van der Waals surface area contributed by atoms with Gasteiger partial charge in [-0.3, -0.25) is 0 Å². The summed E-state index contributed by atoms with van der Waals surface area (Å²) in [5, 5.41) is 3.20. The summed E-state index contributed by atoms with van der Waals surface area (Å²) < 4.78 is 0. The number of likely N-dealkylation sites (N-methyl/N-ethyl adjacent to an activating group) is 1. The quantitative estimate of drug-likeness (QED) is 0.619. The highest BCUT2D eigenvalue weighted by atomic mass is 14.9. The smallest absolute Gasteiger partial charge is 0.0271 e. The molecule has 0 unspecified atom stereocenters. The molecule has 1 heteroatoms. The molecule has 1 nitrogen and oxygen atoms in total. The van der Waals surface area contributed by atoms with Crippen molar-refractivity contribution in [1.82, 2.24) is 5.32 Å². The molecule has 0 saturated carbocycles. The fourth-order valence-corrected chi connectivity index (χ4v) is 0.926. The van der Waals surface area contributed by atoms with Crippen LogP contribution in [0.5, 0.6) is 0 Å².